The van der Waals surface area contributed by atoms with Gasteiger partial charge in [-0.2, -0.15) is 0 Å². The fraction of sp³-hybridized carbons (Fsp3) is 0.188. The molecule has 0 spiro atoms. The van der Waals surface area contributed by atoms with E-state index in [9.17, 15) is 9.90 Å². The van der Waals surface area contributed by atoms with Crippen molar-refractivity contribution in [3.05, 3.63) is 51.8 Å². The molecule has 0 atom stereocenters. The summed E-state index contributed by atoms with van der Waals surface area (Å²) in [5.41, 5.74) is 1.18. The van der Waals surface area contributed by atoms with Gasteiger partial charge in [0.1, 0.15) is 11.3 Å². The van der Waals surface area contributed by atoms with E-state index in [0.717, 1.165) is 5.52 Å². The van der Waals surface area contributed by atoms with Crippen LogP contribution in [-0.2, 0) is 6.54 Å². The van der Waals surface area contributed by atoms with E-state index in [2.05, 4.69) is 9.98 Å². The number of aryl methyl sites for hydroxylation is 1. The van der Waals surface area contributed by atoms with Crippen LogP contribution in [0.5, 0.6) is 5.75 Å². The summed E-state index contributed by atoms with van der Waals surface area (Å²) < 4.78 is 1.64. The van der Waals surface area contributed by atoms with Gasteiger partial charge in [-0.25, -0.2) is 9.98 Å². The minimum atomic E-state index is -0.239. The van der Waals surface area contributed by atoms with E-state index < -0.39 is 0 Å². The second-order valence-electron chi connectivity index (χ2n) is 4.80. The predicted octanol–water partition coefficient (Wildman–Crippen LogP) is 3.32. The molecule has 1 N–H and O–H groups in total. The van der Waals surface area contributed by atoms with Crippen molar-refractivity contribution < 1.29 is 5.11 Å². The molecule has 0 amide bonds. The molecule has 112 valence electrons. The number of fused-ring (bicyclic) bond motifs is 1. The Labute approximate surface area is 131 Å². The normalized spacial score (nSPS) is 12.0. The van der Waals surface area contributed by atoms with Crippen molar-refractivity contribution in [2.24, 2.45) is 4.99 Å². The topological polar surface area (TPSA) is 67.5 Å². The Bertz CT molecular complexity index is 911. The summed E-state index contributed by atoms with van der Waals surface area (Å²) in [4.78, 5) is 21.1. The van der Waals surface area contributed by atoms with Crippen LogP contribution in [0.3, 0.4) is 0 Å². The molecule has 5 nitrogen and oxygen atoms in total. The number of aromatic hydroxyl groups is 1. The van der Waals surface area contributed by atoms with Gasteiger partial charge in [0, 0.05) is 23.5 Å². The zero-order valence-corrected chi connectivity index (χ0v) is 13.1. The number of rotatable bonds is 3. The third-order valence-electron chi connectivity index (χ3n) is 3.51. The molecule has 3 aromatic rings. The molecule has 2 aromatic heterocycles. The van der Waals surface area contributed by atoms with Crippen molar-refractivity contribution in [1.29, 1.82) is 0 Å². The van der Waals surface area contributed by atoms with Gasteiger partial charge < -0.3 is 9.67 Å². The third kappa shape index (κ3) is 2.31. The molecule has 0 saturated carbocycles. The van der Waals surface area contributed by atoms with Gasteiger partial charge in [-0.05, 0) is 26.0 Å². The third-order valence-corrected chi connectivity index (χ3v) is 4.17. The van der Waals surface area contributed by atoms with Gasteiger partial charge >= 0.3 is 0 Å². The Hall–Kier alpha value is -2.47. The van der Waals surface area contributed by atoms with E-state index in [1.165, 1.54) is 11.3 Å². The molecule has 0 saturated heterocycles. The summed E-state index contributed by atoms with van der Waals surface area (Å²) in [6.45, 7) is 4.14. The number of aromatic nitrogens is 2. The standard InChI is InChI=1S/C16H15N3O2S/c1-3-19-12-7-5-4-6-11(12)14(20)13(15(19)21)10(2)18-16-17-8-9-22-16/h4-9,20H,3H2,1-2H3. The Kier molecular flexibility index (Phi) is 3.77. The summed E-state index contributed by atoms with van der Waals surface area (Å²) in [5, 5.41) is 13.6. The van der Waals surface area contributed by atoms with Gasteiger partial charge in [-0.15, -0.1) is 11.3 Å². The number of pyridine rings is 1. The van der Waals surface area contributed by atoms with Gasteiger partial charge in [0.25, 0.3) is 5.56 Å². The van der Waals surface area contributed by atoms with Crippen LogP contribution in [0.25, 0.3) is 10.9 Å². The van der Waals surface area contributed by atoms with Crippen LogP contribution in [0.4, 0.5) is 5.13 Å². The summed E-state index contributed by atoms with van der Waals surface area (Å²) in [5.74, 6) is -0.0249. The van der Waals surface area contributed by atoms with Crippen LogP contribution in [0.1, 0.15) is 19.4 Å². The largest absolute Gasteiger partial charge is 0.506 e. The molecule has 0 aliphatic carbocycles. The zero-order chi connectivity index (χ0) is 15.7. The van der Waals surface area contributed by atoms with Crippen LogP contribution in [0.15, 0.2) is 45.6 Å². The van der Waals surface area contributed by atoms with Gasteiger partial charge in [-0.3, -0.25) is 4.79 Å². The van der Waals surface area contributed by atoms with Crippen molar-refractivity contribution in [1.82, 2.24) is 9.55 Å². The first-order valence-corrected chi connectivity index (χ1v) is 7.81. The molecule has 0 unspecified atom stereocenters. The van der Waals surface area contributed by atoms with Crippen molar-refractivity contribution in [2.75, 3.05) is 0 Å². The second-order valence-corrected chi connectivity index (χ2v) is 5.68. The minimum absolute atomic E-state index is 0.0249. The van der Waals surface area contributed by atoms with Crippen molar-refractivity contribution >= 4 is 33.1 Å². The maximum Gasteiger partial charge on any atom is 0.263 e. The summed E-state index contributed by atoms with van der Waals surface area (Å²) >= 11 is 1.38. The molecule has 0 bridgehead atoms. The van der Waals surface area contributed by atoms with E-state index in [-0.39, 0.29) is 16.9 Å². The lowest BCUT2D eigenvalue weighted by Crippen LogP contribution is -2.25. The van der Waals surface area contributed by atoms with Crippen LogP contribution >= 0.6 is 11.3 Å². The number of hydrogen-bond donors (Lipinski definition) is 1. The van der Waals surface area contributed by atoms with Gasteiger partial charge in [-0.1, -0.05) is 12.1 Å². The Balaban J connectivity index is 2.33. The maximum atomic E-state index is 12.7. The highest BCUT2D eigenvalue weighted by molar-refractivity contribution is 7.13. The molecule has 6 heteroatoms. The molecule has 2 heterocycles. The van der Waals surface area contributed by atoms with Gasteiger partial charge in [0.05, 0.1) is 11.2 Å². The second kappa shape index (κ2) is 5.73. The number of benzene rings is 1. The van der Waals surface area contributed by atoms with E-state index in [4.69, 9.17) is 0 Å². The first-order chi connectivity index (χ1) is 10.6. The molecule has 1 aromatic carbocycles. The molecule has 22 heavy (non-hydrogen) atoms. The SMILES string of the molecule is CCn1c(=O)c(C(C)=Nc2nccs2)c(O)c2ccccc21. The molecule has 0 fully saturated rings. The van der Waals surface area contributed by atoms with Crippen LogP contribution in [0.2, 0.25) is 0 Å². The highest BCUT2D eigenvalue weighted by Crippen LogP contribution is 2.27. The lowest BCUT2D eigenvalue weighted by Gasteiger charge is -2.13. The summed E-state index contributed by atoms with van der Waals surface area (Å²) in [6, 6.07) is 7.32. The highest BCUT2D eigenvalue weighted by atomic mass is 32.1. The van der Waals surface area contributed by atoms with Crippen LogP contribution in [0, 0.1) is 0 Å². The molecular weight excluding hydrogens is 298 g/mol. The number of nitrogens with zero attached hydrogens (tertiary/aromatic N) is 3. The molecule has 0 radical (unpaired) electrons. The lowest BCUT2D eigenvalue weighted by atomic mass is 10.1. The van der Waals surface area contributed by atoms with Crippen molar-refractivity contribution in [3.8, 4) is 5.75 Å². The summed E-state index contributed by atoms with van der Waals surface area (Å²) in [7, 11) is 0. The van der Waals surface area contributed by atoms with Gasteiger partial charge in [0.15, 0.2) is 0 Å². The average Bonchev–Trinajstić information content (AvgIpc) is 3.01. The van der Waals surface area contributed by atoms with Crippen molar-refractivity contribution in [3.63, 3.8) is 0 Å². The van der Waals surface area contributed by atoms with E-state index >= 15 is 0 Å². The first-order valence-electron chi connectivity index (χ1n) is 6.93. The van der Waals surface area contributed by atoms with Crippen molar-refractivity contribution in [2.45, 2.75) is 20.4 Å². The fourth-order valence-electron chi connectivity index (χ4n) is 2.50. The maximum absolute atomic E-state index is 12.7. The van der Waals surface area contributed by atoms with E-state index in [1.54, 1.807) is 23.8 Å². The number of thiazole rings is 1. The molecule has 3 rings (SSSR count). The number of para-hydroxylation sites is 1. The summed E-state index contributed by atoms with van der Waals surface area (Å²) in [6.07, 6.45) is 1.65. The number of aliphatic imine (C=N–C) groups is 1. The van der Waals surface area contributed by atoms with E-state index in [0.29, 0.717) is 22.8 Å². The lowest BCUT2D eigenvalue weighted by molar-refractivity contribution is 0.477. The highest BCUT2D eigenvalue weighted by Gasteiger charge is 2.17. The van der Waals surface area contributed by atoms with Crippen LogP contribution < -0.4 is 5.56 Å². The molecular formula is C16H15N3O2S. The predicted molar refractivity (Wildman–Crippen MR) is 89.5 cm³/mol. The van der Waals surface area contributed by atoms with E-state index in [1.807, 2.05) is 30.5 Å². The quantitative estimate of drug-likeness (QED) is 0.754. The Morgan fingerprint density at radius 3 is 2.86 bits per heavy atom. The fourth-order valence-corrected chi connectivity index (χ4v) is 3.05. The molecule has 0 aliphatic heterocycles. The Morgan fingerprint density at radius 2 is 2.18 bits per heavy atom. The minimum Gasteiger partial charge on any atom is -0.506 e. The Morgan fingerprint density at radius 1 is 1.41 bits per heavy atom. The monoisotopic (exact) mass is 313 g/mol. The zero-order valence-electron chi connectivity index (χ0n) is 12.3. The average molecular weight is 313 g/mol. The van der Waals surface area contributed by atoms with Crippen LogP contribution in [-0.4, -0.2) is 20.4 Å². The smallest absolute Gasteiger partial charge is 0.263 e. The molecule has 0 aliphatic rings. The number of hydrogen-bond acceptors (Lipinski definition) is 5. The first kappa shape index (κ1) is 14.5. The van der Waals surface area contributed by atoms with Gasteiger partial charge in [0.2, 0.25) is 5.13 Å².